The molecule has 28 heavy (non-hydrogen) atoms. The van der Waals surface area contributed by atoms with Crippen molar-refractivity contribution in [3.8, 4) is 0 Å². The molecule has 3 aromatic rings. The topological polar surface area (TPSA) is 50.2 Å². The first-order chi connectivity index (χ1) is 13.8. The van der Waals surface area contributed by atoms with Gasteiger partial charge in [0, 0.05) is 32.0 Å². The molecule has 5 heteroatoms. The molecule has 0 spiro atoms. The molecule has 1 saturated heterocycles. The molecule has 1 N–H and O–H groups in total. The molecule has 0 radical (unpaired) electrons. The van der Waals surface area contributed by atoms with Gasteiger partial charge in [-0.25, -0.2) is 4.79 Å². The standard InChI is InChI=1S/C23H26N4O/c28-23(26-15-11-20(12-16-26)19-7-2-1-3-8-19)24-17-21-9-4-5-10-22(21)18-27-14-6-13-25-27/h1-10,13-14,20H,11-12,15-18H2,(H,24,28). The van der Waals surface area contributed by atoms with E-state index in [1.165, 1.54) is 11.1 Å². The second-order valence-electron chi connectivity index (χ2n) is 7.30. The average Bonchev–Trinajstić information content (AvgIpc) is 3.27. The van der Waals surface area contributed by atoms with Crippen LogP contribution in [0.4, 0.5) is 4.79 Å². The third-order valence-corrected chi connectivity index (χ3v) is 5.49. The molecule has 4 rings (SSSR count). The number of aromatic nitrogens is 2. The van der Waals surface area contributed by atoms with Gasteiger partial charge in [-0.2, -0.15) is 5.10 Å². The Bertz CT molecular complexity index is 884. The van der Waals surface area contributed by atoms with Crippen LogP contribution in [-0.4, -0.2) is 33.8 Å². The van der Waals surface area contributed by atoms with Crippen molar-refractivity contribution in [2.24, 2.45) is 0 Å². The molecule has 0 aliphatic carbocycles. The van der Waals surface area contributed by atoms with Crippen molar-refractivity contribution in [2.75, 3.05) is 13.1 Å². The number of piperidine rings is 1. The summed E-state index contributed by atoms with van der Waals surface area (Å²) < 4.78 is 1.90. The zero-order chi connectivity index (χ0) is 19.2. The first kappa shape index (κ1) is 18.3. The SMILES string of the molecule is O=C(NCc1ccccc1Cn1cccn1)N1CCC(c2ccccc2)CC1. The van der Waals surface area contributed by atoms with Gasteiger partial charge in [0.1, 0.15) is 0 Å². The van der Waals surface area contributed by atoms with Crippen LogP contribution in [0.3, 0.4) is 0 Å². The molecule has 1 aliphatic heterocycles. The Balaban J connectivity index is 1.31. The summed E-state index contributed by atoms with van der Waals surface area (Å²) in [6.07, 6.45) is 5.77. The van der Waals surface area contributed by atoms with E-state index >= 15 is 0 Å². The Morgan fingerprint density at radius 1 is 0.964 bits per heavy atom. The van der Waals surface area contributed by atoms with Crippen molar-refractivity contribution >= 4 is 6.03 Å². The number of likely N-dealkylation sites (tertiary alicyclic amines) is 1. The van der Waals surface area contributed by atoms with Crippen LogP contribution in [0.5, 0.6) is 0 Å². The Hall–Kier alpha value is -3.08. The molecule has 0 saturated carbocycles. The maximum atomic E-state index is 12.6. The van der Waals surface area contributed by atoms with E-state index in [4.69, 9.17) is 0 Å². The lowest BCUT2D eigenvalue weighted by atomic mass is 9.90. The molecule has 144 valence electrons. The summed E-state index contributed by atoms with van der Waals surface area (Å²) in [6.45, 7) is 2.86. The lowest BCUT2D eigenvalue weighted by molar-refractivity contribution is 0.181. The molecule has 2 heterocycles. The van der Waals surface area contributed by atoms with Gasteiger partial charge in [0.25, 0.3) is 0 Å². The van der Waals surface area contributed by atoms with Gasteiger partial charge in [-0.1, -0.05) is 54.6 Å². The van der Waals surface area contributed by atoms with Crippen molar-refractivity contribution in [2.45, 2.75) is 31.8 Å². The van der Waals surface area contributed by atoms with Crippen LogP contribution in [0, 0.1) is 0 Å². The number of nitrogens with zero attached hydrogens (tertiary/aromatic N) is 3. The zero-order valence-electron chi connectivity index (χ0n) is 16.0. The molecule has 0 bridgehead atoms. The predicted octanol–water partition coefficient (Wildman–Crippen LogP) is 4.02. The summed E-state index contributed by atoms with van der Waals surface area (Å²) in [5.74, 6) is 0.556. The minimum Gasteiger partial charge on any atom is -0.334 e. The highest BCUT2D eigenvalue weighted by Gasteiger charge is 2.23. The molecule has 0 atom stereocenters. The Morgan fingerprint density at radius 2 is 1.68 bits per heavy atom. The number of hydrogen-bond acceptors (Lipinski definition) is 2. The number of nitrogens with one attached hydrogen (secondary N) is 1. The lowest BCUT2D eigenvalue weighted by Crippen LogP contribution is -2.43. The number of hydrogen-bond donors (Lipinski definition) is 1. The number of benzene rings is 2. The van der Waals surface area contributed by atoms with Gasteiger partial charge in [-0.15, -0.1) is 0 Å². The quantitative estimate of drug-likeness (QED) is 0.733. The fourth-order valence-electron chi connectivity index (χ4n) is 3.88. The predicted molar refractivity (Wildman–Crippen MR) is 110 cm³/mol. The van der Waals surface area contributed by atoms with Gasteiger partial charge in [0.15, 0.2) is 0 Å². The minimum atomic E-state index is 0.0282. The summed E-state index contributed by atoms with van der Waals surface area (Å²) >= 11 is 0. The van der Waals surface area contributed by atoms with E-state index in [2.05, 4.69) is 52.9 Å². The largest absolute Gasteiger partial charge is 0.334 e. The number of carbonyl (C=O) groups excluding carboxylic acids is 1. The van der Waals surface area contributed by atoms with Crippen molar-refractivity contribution in [1.82, 2.24) is 20.0 Å². The molecule has 1 fully saturated rings. The molecular formula is C23H26N4O. The molecule has 2 amide bonds. The fraction of sp³-hybridized carbons (Fsp3) is 0.304. The summed E-state index contributed by atoms with van der Waals surface area (Å²) in [5.41, 5.74) is 3.69. The van der Waals surface area contributed by atoms with E-state index < -0.39 is 0 Å². The van der Waals surface area contributed by atoms with Gasteiger partial charge >= 0.3 is 6.03 Å². The van der Waals surface area contributed by atoms with Gasteiger partial charge in [0.2, 0.25) is 0 Å². The maximum absolute atomic E-state index is 12.6. The van der Waals surface area contributed by atoms with Crippen molar-refractivity contribution in [1.29, 1.82) is 0 Å². The average molecular weight is 374 g/mol. The van der Waals surface area contributed by atoms with Crippen LogP contribution in [0.25, 0.3) is 0 Å². The molecular weight excluding hydrogens is 348 g/mol. The van der Waals surface area contributed by atoms with Crippen LogP contribution in [-0.2, 0) is 13.1 Å². The van der Waals surface area contributed by atoms with Crippen LogP contribution in [0.1, 0.15) is 35.4 Å². The van der Waals surface area contributed by atoms with Gasteiger partial charge in [0.05, 0.1) is 6.54 Å². The highest BCUT2D eigenvalue weighted by molar-refractivity contribution is 5.74. The normalized spacial score (nSPS) is 14.8. The van der Waals surface area contributed by atoms with E-state index in [0.717, 1.165) is 31.5 Å². The first-order valence-corrected chi connectivity index (χ1v) is 9.91. The van der Waals surface area contributed by atoms with Gasteiger partial charge < -0.3 is 10.2 Å². The second-order valence-corrected chi connectivity index (χ2v) is 7.30. The fourth-order valence-corrected chi connectivity index (χ4v) is 3.88. The second kappa shape index (κ2) is 8.74. The Labute approximate surface area is 166 Å². The van der Waals surface area contributed by atoms with Gasteiger partial charge in [-0.05, 0) is 41.5 Å². The van der Waals surface area contributed by atoms with E-state index in [0.29, 0.717) is 19.0 Å². The minimum absolute atomic E-state index is 0.0282. The van der Waals surface area contributed by atoms with Crippen molar-refractivity contribution in [3.05, 3.63) is 89.7 Å². The maximum Gasteiger partial charge on any atom is 0.317 e. The molecule has 1 aromatic heterocycles. The number of carbonyl (C=O) groups is 1. The molecule has 1 aliphatic rings. The Morgan fingerprint density at radius 3 is 2.39 bits per heavy atom. The van der Waals surface area contributed by atoms with E-state index in [1.807, 2.05) is 34.0 Å². The lowest BCUT2D eigenvalue weighted by Gasteiger charge is -2.32. The molecule has 5 nitrogen and oxygen atoms in total. The summed E-state index contributed by atoms with van der Waals surface area (Å²) in [4.78, 5) is 14.6. The van der Waals surface area contributed by atoms with Crippen LogP contribution in [0.2, 0.25) is 0 Å². The van der Waals surface area contributed by atoms with E-state index in [1.54, 1.807) is 6.20 Å². The van der Waals surface area contributed by atoms with Gasteiger partial charge in [-0.3, -0.25) is 4.68 Å². The Kier molecular flexibility index (Phi) is 5.71. The summed E-state index contributed by atoms with van der Waals surface area (Å²) in [7, 11) is 0. The third-order valence-electron chi connectivity index (χ3n) is 5.49. The van der Waals surface area contributed by atoms with Crippen LogP contribution < -0.4 is 5.32 Å². The molecule has 0 unspecified atom stereocenters. The number of rotatable bonds is 5. The van der Waals surface area contributed by atoms with Crippen LogP contribution >= 0.6 is 0 Å². The smallest absolute Gasteiger partial charge is 0.317 e. The molecule has 2 aromatic carbocycles. The van der Waals surface area contributed by atoms with Crippen LogP contribution in [0.15, 0.2) is 73.1 Å². The van der Waals surface area contributed by atoms with Crippen molar-refractivity contribution < 1.29 is 4.79 Å². The highest BCUT2D eigenvalue weighted by atomic mass is 16.2. The highest BCUT2D eigenvalue weighted by Crippen LogP contribution is 2.27. The monoisotopic (exact) mass is 374 g/mol. The van der Waals surface area contributed by atoms with E-state index in [9.17, 15) is 4.79 Å². The number of amides is 2. The van der Waals surface area contributed by atoms with E-state index in [-0.39, 0.29) is 6.03 Å². The zero-order valence-corrected chi connectivity index (χ0v) is 16.0. The third kappa shape index (κ3) is 4.42. The first-order valence-electron chi connectivity index (χ1n) is 9.91. The van der Waals surface area contributed by atoms with Crippen molar-refractivity contribution in [3.63, 3.8) is 0 Å². The summed E-state index contributed by atoms with van der Waals surface area (Å²) in [5, 5.41) is 7.38. The number of urea groups is 1. The summed E-state index contributed by atoms with van der Waals surface area (Å²) in [6, 6.07) is 20.8.